The van der Waals surface area contributed by atoms with Crippen LogP contribution in [0.2, 0.25) is 0 Å². The van der Waals surface area contributed by atoms with Gasteiger partial charge in [0.25, 0.3) is 0 Å². The van der Waals surface area contributed by atoms with E-state index in [0.717, 1.165) is 30.9 Å². The van der Waals surface area contributed by atoms with Crippen molar-refractivity contribution in [3.05, 3.63) is 166 Å². The summed E-state index contributed by atoms with van der Waals surface area (Å²) in [6.45, 7) is 9.48. The van der Waals surface area contributed by atoms with Crippen molar-refractivity contribution in [2.75, 3.05) is 0 Å². The van der Waals surface area contributed by atoms with Gasteiger partial charge < -0.3 is 0 Å². The Morgan fingerprint density at radius 1 is 0.735 bits per heavy atom. The van der Waals surface area contributed by atoms with E-state index in [4.69, 9.17) is 9.97 Å². The third-order valence-electron chi connectivity index (χ3n) is 12.0. The van der Waals surface area contributed by atoms with Crippen LogP contribution < -0.4 is 0 Å². The molecule has 2 aromatic heterocycles. The van der Waals surface area contributed by atoms with Gasteiger partial charge in [0.1, 0.15) is 0 Å². The summed E-state index contributed by atoms with van der Waals surface area (Å²) < 4.78 is 2.31. The summed E-state index contributed by atoms with van der Waals surface area (Å²) in [4.78, 5) is 10.2. The normalized spacial score (nSPS) is 19.3. The van der Waals surface area contributed by atoms with Gasteiger partial charge in [0.15, 0.2) is 0 Å². The minimum atomic E-state index is -0.0212. The Morgan fingerprint density at radius 3 is 2.41 bits per heavy atom. The predicted molar refractivity (Wildman–Crippen MR) is 202 cm³/mol. The molecule has 4 aromatic carbocycles. The molecule has 238 valence electrons. The molecule has 0 saturated carbocycles. The number of nitrogens with zero attached hydrogens (tertiary/aromatic N) is 3. The van der Waals surface area contributed by atoms with Crippen LogP contribution in [0.1, 0.15) is 91.2 Å². The van der Waals surface area contributed by atoms with Gasteiger partial charge in [-0.05, 0) is 105 Å². The lowest BCUT2D eigenvalue weighted by molar-refractivity contribution is 0.613. The van der Waals surface area contributed by atoms with E-state index in [1.165, 1.54) is 77.8 Å². The lowest BCUT2D eigenvalue weighted by Gasteiger charge is -2.28. The minimum Gasteiger partial charge on any atom is -0.278 e. The second kappa shape index (κ2) is 10.1. The van der Waals surface area contributed by atoms with E-state index in [1.807, 2.05) is 6.20 Å². The molecule has 0 amide bonds. The molecule has 49 heavy (non-hydrogen) atoms. The lowest BCUT2D eigenvalue weighted by atomic mass is 9.76. The first-order chi connectivity index (χ1) is 23.8. The highest BCUT2D eigenvalue weighted by Gasteiger charge is 2.44. The average molecular weight is 634 g/mol. The second-order valence-electron chi connectivity index (χ2n) is 15.3. The van der Waals surface area contributed by atoms with Crippen LogP contribution in [0, 0.1) is 0 Å². The SMILES string of the molecule is CC1(C)C2=Cc3c(c4ccccc4n3-c3nccc(C4=CCCC(c5ccc6c(c5)C(C)(C)c5ccccc5-6)=C4)n3)CC2c2ccccc21. The third-order valence-corrected chi connectivity index (χ3v) is 12.0. The molecule has 6 aromatic rings. The molecular formula is C46H39N3. The zero-order valence-electron chi connectivity index (χ0n) is 28.6. The summed E-state index contributed by atoms with van der Waals surface area (Å²) in [6.07, 6.45) is 12.1. The molecule has 3 nitrogen and oxygen atoms in total. The molecule has 0 saturated heterocycles. The van der Waals surface area contributed by atoms with E-state index < -0.39 is 0 Å². The largest absolute Gasteiger partial charge is 0.278 e. The van der Waals surface area contributed by atoms with Gasteiger partial charge in [-0.1, -0.05) is 118 Å². The summed E-state index contributed by atoms with van der Waals surface area (Å²) >= 11 is 0. The van der Waals surface area contributed by atoms with Gasteiger partial charge in [-0.2, -0.15) is 0 Å². The summed E-state index contributed by atoms with van der Waals surface area (Å²) in [5, 5.41) is 1.30. The number of hydrogen-bond donors (Lipinski definition) is 0. The van der Waals surface area contributed by atoms with Crippen LogP contribution in [0.15, 0.2) is 121 Å². The number of allylic oxidation sites excluding steroid dienone is 5. The van der Waals surface area contributed by atoms with Crippen molar-refractivity contribution in [2.24, 2.45) is 0 Å². The van der Waals surface area contributed by atoms with Crippen molar-refractivity contribution < 1.29 is 0 Å². The Kier molecular flexibility index (Phi) is 5.93. The molecule has 4 aliphatic rings. The van der Waals surface area contributed by atoms with Crippen LogP contribution in [0.3, 0.4) is 0 Å². The van der Waals surface area contributed by atoms with E-state index in [0.29, 0.717) is 5.92 Å². The summed E-state index contributed by atoms with van der Waals surface area (Å²) in [5.41, 5.74) is 18.6. The topological polar surface area (TPSA) is 30.7 Å². The molecule has 3 heteroatoms. The number of aromatic nitrogens is 3. The van der Waals surface area contributed by atoms with Gasteiger partial charge in [-0.15, -0.1) is 0 Å². The van der Waals surface area contributed by atoms with Crippen LogP contribution in [-0.4, -0.2) is 14.5 Å². The zero-order chi connectivity index (χ0) is 33.1. The fourth-order valence-corrected chi connectivity index (χ4v) is 9.52. The van der Waals surface area contributed by atoms with Crippen molar-refractivity contribution in [3.8, 4) is 17.1 Å². The summed E-state index contributed by atoms with van der Waals surface area (Å²) in [7, 11) is 0. The lowest BCUT2D eigenvalue weighted by Crippen LogP contribution is -2.20. The molecule has 2 heterocycles. The summed E-state index contributed by atoms with van der Waals surface area (Å²) in [6, 6.07) is 35.9. The van der Waals surface area contributed by atoms with E-state index >= 15 is 0 Å². The van der Waals surface area contributed by atoms with Gasteiger partial charge in [-0.3, -0.25) is 4.57 Å². The van der Waals surface area contributed by atoms with Crippen LogP contribution >= 0.6 is 0 Å². The van der Waals surface area contributed by atoms with Crippen molar-refractivity contribution >= 4 is 28.1 Å². The first-order valence-electron chi connectivity index (χ1n) is 17.7. The monoisotopic (exact) mass is 633 g/mol. The molecule has 0 radical (unpaired) electrons. The van der Waals surface area contributed by atoms with E-state index in [1.54, 1.807) is 0 Å². The Labute approximate surface area is 288 Å². The smallest absolute Gasteiger partial charge is 0.235 e. The first-order valence-corrected chi connectivity index (χ1v) is 17.7. The molecule has 10 rings (SSSR count). The fraction of sp³-hybridized carbons (Fsp3) is 0.217. The van der Waals surface area contributed by atoms with Gasteiger partial charge >= 0.3 is 0 Å². The highest BCUT2D eigenvalue weighted by Crippen LogP contribution is 2.55. The Bertz CT molecular complexity index is 2480. The number of hydrogen-bond acceptors (Lipinski definition) is 2. The van der Waals surface area contributed by atoms with Crippen molar-refractivity contribution in [2.45, 2.75) is 63.7 Å². The quantitative estimate of drug-likeness (QED) is 0.194. The molecular weight excluding hydrogens is 595 g/mol. The predicted octanol–water partition coefficient (Wildman–Crippen LogP) is 11.0. The van der Waals surface area contributed by atoms with Crippen LogP contribution in [-0.2, 0) is 17.3 Å². The van der Waals surface area contributed by atoms with E-state index in [2.05, 4.69) is 148 Å². The molecule has 0 spiro atoms. The molecule has 0 aliphatic heterocycles. The number of fused-ring (bicyclic) bond motifs is 9. The molecule has 0 fully saturated rings. The first kappa shape index (κ1) is 28.7. The third kappa shape index (κ3) is 4.02. The Balaban J connectivity index is 1.06. The zero-order valence-corrected chi connectivity index (χ0v) is 28.6. The van der Waals surface area contributed by atoms with Gasteiger partial charge in [0.2, 0.25) is 5.95 Å². The van der Waals surface area contributed by atoms with Crippen molar-refractivity contribution in [3.63, 3.8) is 0 Å². The van der Waals surface area contributed by atoms with E-state index in [9.17, 15) is 0 Å². The molecule has 0 bridgehead atoms. The Hall–Kier alpha value is -5.28. The highest BCUT2D eigenvalue weighted by molar-refractivity contribution is 5.92. The fourth-order valence-electron chi connectivity index (χ4n) is 9.52. The summed E-state index contributed by atoms with van der Waals surface area (Å²) in [5.74, 6) is 1.14. The molecule has 4 aliphatic carbocycles. The van der Waals surface area contributed by atoms with Crippen molar-refractivity contribution in [1.82, 2.24) is 14.5 Å². The highest BCUT2D eigenvalue weighted by atomic mass is 15.2. The number of para-hydroxylation sites is 1. The van der Waals surface area contributed by atoms with Crippen molar-refractivity contribution in [1.29, 1.82) is 0 Å². The van der Waals surface area contributed by atoms with Crippen LogP contribution in [0.4, 0.5) is 0 Å². The van der Waals surface area contributed by atoms with Gasteiger partial charge in [0.05, 0.1) is 16.9 Å². The number of rotatable bonds is 3. The number of benzene rings is 4. The average Bonchev–Trinajstić information content (AvgIpc) is 3.67. The van der Waals surface area contributed by atoms with Crippen LogP contribution in [0.25, 0.3) is 45.2 Å². The van der Waals surface area contributed by atoms with Gasteiger partial charge in [-0.25, -0.2) is 9.97 Å². The van der Waals surface area contributed by atoms with Crippen LogP contribution in [0.5, 0.6) is 0 Å². The molecule has 1 unspecified atom stereocenters. The molecule has 1 atom stereocenters. The second-order valence-corrected chi connectivity index (χ2v) is 15.3. The van der Waals surface area contributed by atoms with Gasteiger partial charge in [0, 0.05) is 28.3 Å². The molecule has 0 N–H and O–H groups in total. The minimum absolute atomic E-state index is 0.0120. The Morgan fingerprint density at radius 2 is 1.51 bits per heavy atom. The standard InChI is InChI=1S/C46H39N3/c1-45(2)37-17-8-5-14-31(37)33-21-20-29(25-39(33)45)28-12-11-13-30(24-28)41-22-23-47-44(48-41)49-42-19-10-7-16-34(42)36-26-35-32-15-6-9-18-38(32)46(3,4)40(35)27-43(36)49/h5-10,13-25,27,35H,11-12,26H2,1-4H3. The maximum atomic E-state index is 5.30. The maximum Gasteiger partial charge on any atom is 0.235 e. The maximum absolute atomic E-state index is 5.30. The van der Waals surface area contributed by atoms with E-state index in [-0.39, 0.29) is 10.8 Å².